The fourth-order valence-corrected chi connectivity index (χ4v) is 3.59. The Balaban J connectivity index is 1.38. The van der Waals surface area contributed by atoms with Crippen molar-refractivity contribution in [3.05, 3.63) is 59.2 Å². The molecule has 0 bridgehead atoms. The molecule has 29 heavy (non-hydrogen) atoms. The van der Waals surface area contributed by atoms with E-state index in [-0.39, 0.29) is 30.1 Å². The van der Waals surface area contributed by atoms with Crippen molar-refractivity contribution in [3.8, 4) is 0 Å². The molecule has 0 aromatic heterocycles. The second kappa shape index (κ2) is 7.50. The predicted molar refractivity (Wildman–Crippen MR) is 106 cm³/mol. The summed E-state index contributed by atoms with van der Waals surface area (Å²) < 4.78 is 5.15. The minimum absolute atomic E-state index is 0.0755. The first-order valence-corrected chi connectivity index (χ1v) is 9.49. The number of amides is 2. The van der Waals surface area contributed by atoms with Crippen LogP contribution in [0.25, 0.3) is 0 Å². The molecule has 0 unspecified atom stereocenters. The van der Waals surface area contributed by atoms with Crippen LogP contribution in [0.1, 0.15) is 52.0 Å². The van der Waals surface area contributed by atoms with Crippen molar-refractivity contribution in [2.45, 2.75) is 25.7 Å². The number of hydrogen-bond donors (Lipinski definition) is 1. The van der Waals surface area contributed by atoms with Crippen molar-refractivity contribution >= 4 is 34.9 Å². The number of ketones is 1. The van der Waals surface area contributed by atoms with E-state index < -0.39 is 5.97 Å². The molecule has 2 aromatic rings. The fraction of sp³-hybridized carbons (Fsp3) is 0.273. The van der Waals surface area contributed by atoms with E-state index in [2.05, 4.69) is 5.32 Å². The summed E-state index contributed by atoms with van der Waals surface area (Å²) in [7, 11) is 0. The lowest BCUT2D eigenvalue weighted by Gasteiger charge is -2.15. The molecule has 7 heteroatoms. The first-order chi connectivity index (χ1) is 13.9. The van der Waals surface area contributed by atoms with Crippen LogP contribution in [0, 0.1) is 0 Å². The summed E-state index contributed by atoms with van der Waals surface area (Å²) in [5.41, 5.74) is 2.91. The molecule has 2 amide bonds. The summed E-state index contributed by atoms with van der Waals surface area (Å²) in [6, 6.07) is 11.5. The lowest BCUT2D eigenvalue weighted by atomic mass is 9.99. The second-order valence-electron chi connectivity index (χ2n) is 7.21. The predicted octanol–water partition coefficient (Wildman–Crippen LogP) is 2.91. The zero-order valence-corrected chi connectivity index (χ0v) is 15.9. The third kappa shape index (κ3) is 3.63. The monoisotopic (exact) mass is 392 g/mol. The number of rotatable bonds is 5. The van der Waals surface area contributed by atoms with Crippen molar-refractivity contribution in [1.29, 1.82) is 0 Å². The van der Waals surface area contributed by atoms with Crippen molar-refractivity contribution in [1.82, 2.24) is 0 Å². The summed E-state index contributed by atoms with van der Waals surface area (Å²) >= 11 is 0. The molecule has 1 atom stereocenters. The fourth-order valence-electron chi connectivity index (χ4n) is 3.59. The van der Waals surface area contributed by atoms with Gasteiger partial charge in [0.2, 0.25) is 11.8 Å². The SMILES string of the molecule is C[C@@H]1C(=O)Nc2ccc(C(=O)COC(=O)c3ccc(N4CCCC4=O)cc3)cc21. The molecule has 1 fully saturated rings. The molecule has 2 heterocycles. The zero-order chi connectivity index (χ0) is 20.5. The number of ether oxygens (including phenoxy) is 1. The number of carbonyl (C=O) groups excluding carboxylic acids is 4. The van der Waals surface area contributed by atoms with Crippen molar-refractivity contribution in [2.24, 2.45) is 0 Å². The molecule has 0 radical (unpaired) electrons. The highest BCUT2D eigenvalue weighted by atomic mass is 16.5. The minimum Gasteiger partial charge on any atom is -0.454 e. The van der Waals surface area contributed by atoms with Crippen LogP contribution in [0.3, 0.4) is 0 Å². The zero-order valence-electron chi connectivity index (χ0n) is 15.9. The number of nitrogens with zero attached hydrogens (tertiary/aromatic N) is 1. The Bertz CT molecular complexity index is 1010. The third-order valence-electron chi connectivity index (χ3n) is 5.31. The van der Waals surface area contributed by atoms with Crippen molar-refractivity contribution < 1.29 is 23.9 Å². The Morgan fingerprint density at radius 3 is 2.52 bits per heavy atom. The number of nitrogens with one attached hydrogen (secondary N) is 1. The van der Waals surface area contributed by atoms with Gasteiger partial charge >= 0.3 is 5.97 Å². The van der Waals surface area contributed by atoms with Crippen molar-refractivity contribution in [3.63, 3.8) is 0 Å². The van der Waals surface area contributed by atoms with Gasteiger partial charge in [0.15, 0.2) is 12.4 Å². The highest BCUT2D eigenvalue weighted by molar-refractivity contribution is 6.05. The summed E-state index contributed by atoms with van der Waals surface area (Å²) in [4.78, 5) is 49.9. The number of anilines is 2. The number of carbonyl (C=O) groups is 4. The summed E-state index contributed by atoms with van der Waals surface area (Å²) in [5.74, 6) is -1.29. The van der Waals surface area contributed by atoms with E-state index in [0.29, 0.717) is 29.8 Å². The van der Waals surface area contributed by atoms with Gasteiger partial charge in [-0.2, -0.15) is 0 Å². The van der Waals surface area contributed by atoms with E-state index in [9.17, 15) is 19.2 Å². The number of fused-ring (bicyclic) bond motifs is 1. The van der Waals surface area contributed by atoms with E-state index in [4.69, 9.17) is 4.74 Å². The average molecular weight is 392 g/mol. The maximum Gasteiger partial charge on any atom is 0.338 e. The van der Waals surface area contributed by atoms with Gasteiger partial charge in [-0.3, -0.25) is 14.4 Å². The van der Waals surface area contributed by atoms with Crippen LogP contribution in [0.15, 0.2) is 42.5 Å². The van der Waals surface area contributed by atoms with E-state index in [0.717, 1.165) is 17.7 Å². The largest absolute Gasteiger partial charge is 0.454 e. The molecule has 2 aliphatic rings. The van der Waals surface area contributed by atoms with Gasteiger partial charge < -0.3 is 15.0 Å². The van der Waals surface area contributed by atoms with Gasteiger partial charge in [-0.15, -0.1) is 0 Å². The highest BCUT2D eigenvalue weighted by Gasteiger charge is 2.27. The van der Waals surface area contributed by atoms with Gasteiger partial charge in [0.25, 0.3) is 0 Å². The van der Waals surface area contributed by atoms with Gasteiger partial charge in [-0.25, -0.2) is 4.79 Å². The molecule has 0 spiro atoms. The molecule has 7 nitrogen and oxygen atoms in total. The summed E-state index contributed by atoms with van der Waals surface area (Å²) in [6.07, 6.45) is 1.37. The molecule has 1 saturated heterocycles. The number of esters is 1. The normalized spacial score (nSPS) is 17.8. The molecule has 1 N–H and O–H groups in total. The highest BCUT2D eigenvalue weighted by Crippen LogP contribution is 2.32. The van der Waals surface area contributed by atoms with E-state index in [1.54, 1.807) is 54.3 Å². The van der Waals surface area contributed by atoms with E-state index in [1.165, 1.54) is 0 Å². The molecule has 2 aromatic carbocycles. The number of hydrogen-bond acceptors (Lipinski definition) is 5. The van der Waals surface area contributed by atoms with Gasteiger partial charge in [0, 0.05) is 29.9 Å². The Kier molecular flexibility index (Phi) is 4.88. The van der Waals surface area contributed by atoms with Crippen LogP contribution in [0.2, 0.25) is 0 Å². The molecule has 2 aliphatic heterocycles. The topological polar surface area (TPSA) is 92.8 Å². The lowest BCUT2D eigenvalue weighted by molar-refractivity contribution is -0.117. The van der Waals surface area contributed by atoms with Crippen molar-refractivity contribution in [2.75, 3.05) is 23.4 Å². The maximum atomic E-state index is 12.4. The Labute approximate surface area is 167 Å². The standard InChI is InChI=1S/C22H20N2O5/c1-13-17-11-15(6-9-18(17)23-21(13)27)19(25)12-29-22(28)14-4-7-16(8-5-14)24-10-2-3-20(24)26/h4-9,11,13H,2-3,10,12H2,1H3,(H,23,27)/t13-/m0/s1. The Morgan fingerprint density at radius 1 is 1.10 bits per heavy atom. The lowest BCUT2D eigenvalue weighted by Crippen LogP contribution is -2.23. The van der Waals surface area contributed by atoms with Crippen LogP contribution in [0.4, 0.5) is 11.4 Å². The van der Waals surface area contributed by atoms with Gasteiger partial charge in [-0.1, -0.05) is 0 Å². The molecule has 0 saturated carbocycles. The van der Waals surface area contributed by atoms with E-state index in [1.807, 2.05) is 0 Å². The van der Waals surface area contributed by atoms with E-state index >= 15 is 0 Å². The van der Waals surface area contributed by atoms with Gasteiger partial charge in [0.1, 0.15) is 0 Å². The van der Waals surface area contributed by atoms with Crippen LogP contribution in [0.5, 0.6) is 0 Å². The first kappa shape index (κ1) is 18.9. The Morgan fingerprint density at radius 2 is 1.83 bits per heavy atom. The Hall–Kier alpha value is -3.48. The summed E-state index contributed by atoms with van der Waals surface area (Å²) in [5, 5.41) is 2.75. The molecule has 4 rings (SSSR count). The second-order valence-corrected chi connectivity index (χ2v) is 7.21. The average Bonchev–Trinajstić information content (AvgIpc) is 3.28. The first-order valence-electron chi connectivity index (χ1n) is 9.49. The van der Waals surface area contributed by atoms with Crippen LogP contribution in [-0.2, 0) is 14.3 Å². The van der Waals surface area contributed by atoms with Crippen LogP contribution in [-0.4, -0.2) is 36.7 Å². The molecular weight excluding hydrogens is 372 g/mol. The van der Waals surface area contributed by atoms with Crippen LogP contribution >= 0.6 is 0 Å². The quantitative estimate of drug-likeness (QED) is 0.624. The number of Topliss-reactive ketones (excluding diaryl/α,β-unsaturated/α-hetero) is 1. The van der Waals surface area contributed by atoms with Gasteiger partial charge in [0.05, 0.1) is 11.5 Å². The minimum atomic E-state index is -0.607. The smallest absolute Gasteiger partial charge is 0.338 e. The summed E-state index contributed by atoms with van der Waals surface area (Å²) in [6.45, 7) is 2.06. The van der Waals surface area contributed by atoms with Gasteiger partial charge in [-0.05, 0) is 61.4 Å². The third-order valence-corrected chi connectivity index (χ3v) is 5.31. The molecule has 148 valence electrons. The maximum absolute atomic E-state index is 12.4. The van der Waals surface area contributed by atoms with Crippen LogP contribution < -0.4 is 10.2 Å². The number of benzene rings is 2. The molecular formula is C22H20N2O5. The molecule has 0 aliphatic carbocycles.